The predicted octanol–water partition coefficient (Wildman–Crippen LogP) is 1.81. The first-order valence-electron chi connectivity index (χ1n) is 5.90. The zero-order chi connectivity index (χ0) is 15.6. The Morgan fingerprint density at radius 1 is 1.14 bits per heavy atom. The minimum absolute atomic E-state index is 0.151. The average molecular weight is 325 g/mol. The number of hydrogen-bond acceptors (Lipinski definition) is 4. The van der Waals surface area contributed by atoms with Crippen LogP contribution in [0, 0.1) is 6.92 Å². The van der Waals surface area contributed by atoms with E-state index in [1.165, 1.54) is 24.3 Å². The summed E-state index contributed by atoms with van der Waals surface area (Å²) in [5, 5.41) is 11.4. The molecule has 0 bridgehead atoms. The van der Waals surface area contributed by atoms with Crippen molar-refractivity contribution in [1.29, 1.82) is 0 Å². The number of rotatable bonds is 4. The molecule has 1 N–H and O–H groups in total. The molecule has 0 aliphatic rings. The summed E-state index contributed by atoms with van der Waals surface area (Å²) in [4.78, 5) is 10.8. The van der Waals surface area contributed by atoms with Crippen LogP contribution < -0.4 is 9.83 Å². The van der Waals surface area contributed by atoms with Crippen LogP contribution in [-0.4, -0.2) is 14.4 Å². The summed E-state index contributed by atoms with van der Waals surface area (Å²) in [6, 6.07) is 9.92. The molecule has 0 unspecified atom stereocenters. The number of carboxylic acid groups (broad SMARTS) is 1. The topological polar surface area (TPSA) is 86.3 Å². The average Bonchev–Trinajstić information content (AvgIpc) is 2.41. The van der Waals surface area contributed by atoms with E-state index < -0.39 is 16.0 Å². The van der Waals surface area contributed by atoms with Crippen molar-refractivity contribution in [3.63, 3.8) is 0 Å². The Morgan fingerprint density at radius 3 is 2.33 bits per heavy atom. The number of aryl methyl sites for hydroxylation is 1. The van der Waals surface area contributed by atoms with Crippen LogP contribution in [0.4, 0.5) is 5.69 Å². The van der Waals surface area contributed by atoms with Gasteiger partial charge in [0.25, 0.3) is 10.0 Å². The number of aromatic carboxylic acids is 1. The quantitative estimate of drug-likeness (QED) is 0.929. The second-order valence-corrected chi connectivity index (χ2v) is 6.50. The number of anilines is 1. The third kappa shape index (κ3) is 3.53. The van der Waals surface area contributed by atoms with Crippen molar-refractivity contribution in [2.75, 3.05) is 4.72 Å². The molecule has 0 atom stereocenters. The molecule has 0 aliphatic heterocycles. The van der Waals surface area contributed by atoms with Crippen LogP contribution in [0.5, 0.6) is 0 Å². The number of carboxylic acids is 1. The number of hydrogen-bond donors (Lipinski definition) is 1. The maximum absolute atomic E-state index is 12.2. The number of nitrogens with one attached hydrogen (secondary N) is 1. The van der Waals surface area contributed by atoms with Crippen LogP contribution in [0.1, 0.15) is 15.9 Å². The maximum Gasteiger partial charge on any atom is 0.261 e. The van der Waals surface area contributed by atoms with Gasteiger partial charge < -0.3 is 9.90 Å². The SMILES string of the molecule is Cc1ccc(S(=O)(=O)Nc2ccc(Cl)cc2)cc1C(=O)[O-]. The van der Waals surface area contributed by atoms with Crippen molar-refractivity contribution in [2.24, 2.45) is 0 Å². The van der Waals surface area contributed by atoms with Crippen LogP contribution in [0.15, 0.2) is 47.4 Å². The third-order valence-electron chi connectivity index (χ3n) is 2.84. The van der Waals surface area contributed by atoms with Crippen LogP contribution in [0.2, 0.25) is 5.02 Å². The van der Waals surface area contributed by atoms with Gasteiger partial charge in [-0.3, -0.25) is 4.72 Å². The van der Waals surface area contributed by atoms with E-state index in [0.29, 0.717) is 16.3 Å². The molecular formula is C14H11ClNO4S-. The number of carbonyl (C=O) groups is 1. The van der Waals surface area contributed by atoms with Gasteiger partial charge >= 0.3 is 0 Å². The van der Waals surface area contributed by atoms with Crippen LogP contribution in [0.25, 0.3) is 0 Å². The fourth-order valence-corrected chi connectivity index (χ4v) is 2.93. The second kappa shape index (κ2) is 5.75. The fourth-order valence-electron chi connectivity index (χ4n) is 1.72. The van der Waals surface area contributed by atoms with E-state index in [1.54, 1.807) is 19.1 Å². The summed E-state index contributed by atoms with van der Waals surface area (Å²) in [7, 11) is -3.88. The summed E-state index contributed by atoms with van der Waals surface area (Å²) < 4.78 is 26.8. The molecule has 0 spiro atoms. The first-order chi connectivity index (χ1) is 9.79. The monoisotopic (exact) mass is 324 g/mol. The molecule has 5 nitrogen and oxygen atoms in total. The summed E-state index contributed by atoms with van der Waals surface area (Å²) in [6.45, 7) is 1.56. The van der Waals surface area contributed by atoms with Gasteiger partial charge in [-0.05, 0) is 48.9 Å². The maximum atomic E-state index is 12.2. The molecule has 21 heavy (non-hydrogen) atoms. The lowest BCUT2D eigenvalue weighted by molar-refractivity contribution is -0.255. The smallest absolute Gasteiger partial charge is 0.261 e. The molecular weight excluding hydrogens is 314 g/mol. The minimum Gasteiger partial charge on any atom is -0.545 e. The van der Waals surface area contributed by atoms with Crippen LogP contribution in [0.3, 0.4) is 0 Å². The van der Waals surface area contributed by atoms with Gasteiger partial charge in [0.2, 0.25) is 0 Å². The van der Waals surface area contributed by atoms with Gasteiger partial charge in [0.1, 0.15) is 0 Å². The van der Waals surface area contributed by atoms with E-state index >= 15 is 0 Å². The largest absolute Gasteiger partial charge is 0.545 e. The van der Waals surface area contributed by atoms with Crippen molar-refractivity contribution in [1.82, 2.24) is 0 Å². The molecule has 0 aromatic heterocycles. The zero-order valence-electron chi connectivity index (χ0n) is 11.0. The fraction of sp³-hybridized carbons (Fsp3) is 0.0714. The molecule has 0 amide bonds. The highest BCUT2D eigenvalue weighted by Crippen LogP contribution is 2.20. The van der Waals surface area contributed by atoms with Crippen molar-refractivity contribution < 1.29 is 18.3 Å². The Hall–Kier alpha value is -2.05. The van der Waals surface area contributed by atoms with Crippen molar-refractivity contribution in [3.8, 4) is 0 Å². The summed E-state index contributed by atoms with van der Waals surface area (Å²) in [5.41, 5.74) is 0.601. The van der Waals surface area contributed by atoms with Gasteiger partial charge in [0, 0.05) is 16.3 Å². The number of carbonyl (C=O) groups excluding carboxylic acids is 1. The Morgan fingerprint density at radius 2 is 1.76 bits per heavy atom. The Bertz CT molecular complexity index is 785. The van der Waals surface area contributed by atoms with Crippen molar-refractivity contribution in [3.05, 3.63) is 58.6 Å². The van der Waals surface area contributed by atoms with Gasteiger partial charge in [-0.1, -0.05) is 17.7 Å². The third-order valence-corrected chi connectivity index (χ3v) is 4.47. The molecule has 0 radical (unpaired) electrons. The molecule has 0 fully saturated rings. The number of halogens is 1. The first-order valence-corrected chi connectivity index (χ1v) is 7.76. The van der Waals surface area contributed by atoms with E-state index in [2.05, 4.69) is 4.72 Å². The predicted molar refractivity (Wildman–Crippen MR) is 77.8 cm³/mol. The summed E-state index contributed by atoms with van der Waals surface area (Å²) in [5.74, 6) is -1.42. The number of benzene rings is 2. The van der Waals surface area contributed by atoms with Gasteiger partial charge in [0.15, 0.2) is 0 Å². The molecule has 2 rings (SSSR count). The molecule has 0 aliphatic carbocycles. The van der Waals surface area contributed by atoms with Crippen LogP contribution >= 0.6 is 11.6 Å². The number of sulfonamides is 1. The highest BCUT2D eigenvalue weighted by atomic mass is 35.5. The van der Waals surface area contributed by atoms with E-state index in [0.717, 1.165) is 6.07 Å². The lowest BCUT2D eigenvalue weighted by Crippen LogP contribution is -2.24. The normalized spacial score (nSPS) is 11.1. The van der Waals surface area contributed by atoms with Crippen LogP contribution in [-0.2, 0) is 10.0 Å². The van der Waals surface area contributed by atoms with Gasteiger partial charge in [-0.25, -0.2) is 8.42 Å². The Kier molecular flexibility index (Phi) is 4.20. The van der Waals surface area contributed by atoms with Gasteiger partial charge in [-0.15, -0.1) is 0 Å². The van der Waals surface area contributed by atoms with E-state index in [4.69, 9.17) is 11.6 Å². The molecule has 110 valence electrons. The van der Waals surface area contributed by atoms with Crippen molar-refractivity contribution in [2.45, 2.75) is 11.8 Å². The van der Waals surface area contributed by atoms with Crippen molar-refractivity contribution >= 4 is 33.3 Å². The minimum atomic E-state index is -3.88. The lowest BCUT2D eigenvalue weighted by atomic mass is 10.1. The van der Waals surface area contributed by atoms with Gasteiger partial charge in [0.05, 0.1) is 10.9 Å². The molecule has 2 aromatic rings. The molecule has 0 saturated heterocycles. The van der Waals surface area contributed by atoms with E-state index in [1.807, 2.05) is 0 Å². The molecule has 2 aromatic carbocycles. The van der Waals surface area contributed by atoms with E-state index in [-0.39, 0.29) is 10.5 Å². The highest BCUT2D eigenvalue weighted by molar-refractivity contribution is 7.92. The summed E-state index contributed by atoms with van der Waals surface area (Å²) in [6.07, 6.45) is 0. The van der Waals surface area contributed by atoms with E-state index in [9.17, 15) is 18.3 Å². The molecule has 0 saturated carbocycles. The highest BCUT2D eigenvalue weighted by Gasteiger charge is 2.16. The molecule has 0 heterocycles. The summed E-state index contributed by atoms with van der Waals surface area (Å²) >= 11 is 5.72. The zero-order valence-corrected chi connectivity index (χ0v) is 12.5. The standard InChI is InChI=1S/C14H12ClNO4S/c1-9-2-7-12(8-13(9)14(17)18)21(19,20)16-11-5-3-10(15)4-6-11/h2-8,16H,1H3,(H,17,18)/p-1. The first kappa shape index (κ1) is 15.3. The molecule has 7 heteroatoms. The second-order valence-electron chi connectivity index (χ2n) is 4.38. The lowest BCUT2D eigenvalue weighted by Gasteiger charge is -2.12. The van der Waals surface area contributed by atoms with Gasteiger partial charge in [-0.2, -0.15) is 0 Å². The Labute approximate surface area is 127 Å². The Balaban J connectivity index is 2.38.